The molecule has 0 bridgehead atoms. The van der Waals surface area contributed by atoms with Crippen molar-refractivity contribution in [2.45, 2.75) is 37.8 Å². The third kappa shape index (κ3) is 3.14. The number of halogens is 2. The lowest BCUT2D eigenvalue weighted by atomic mass is 9.85. The first kappa shape index (κ1) is 14.6. The molecule has 1 aromatic rings. The van der Waals surface area contributed by atoms with Crippen LogP contribution < -0.4 is 5.32 Å². The van der Waals surface area contributed by atoms with Crippen molar-refractivity contribution in [3.63, 3.8) is 0 Å². The zero-order valence-electron chi connectivity index (χ0n) is 11.9. The zero-order chi connectivity index (χ0) is 14.1. The van der Waals surface area contributed by atoms with Gasteiger partial charge in [-0.25, -0.2) is 0 Å². The molecule has 4 heteroatoms. The van der Waals surface area contributed by atoms with E-state index in [1.54, 1.807) is 0 Å². The molecule has 0 aromatic heterocycles. The van der Waals surface area contributed by atoms with Crippen LogP contribution in [-0.4, -0.2) is 31.1 Å². The van der Waals surface area contributed by atoms with Crippen molar-refractivity contribution >= 4 is 23.2 Å². The van der Waals surface area contributed by atoms with E-state index in [1.807, 2.05) is 12.1 Å². The van der Waals surface area contributed by atoms with Gasteiger partial charge in [0.2, 0.25) is 0 Å². The van der Waals surface area contributed by atoms with E-state index in [2.05, 4.69) is 23.3 Å². The van der Waals surface area contributed by atoms with E-state index in [0.717, 1.165) is 24.2 Å². The van der Waals surface area contributed by atoms with Gasteiger partial charge in [-0.2, -0.15) is 0 Å². The summed E-state index contributed by atoms with van der Waals surface area (Å²) in [6.45, 7) is 2.22. The minimum atomic E-state index is 0.376. The van der Waals surface area contributed by atoms with Gasteiger partial charge >= 0.3 is 0 Å². The molecule has 20 heavy (non-hydrogen) atoms. The first-order valence-corrected chi connectivity index (χ1v) is 8.30. The summed E-state index contributed by atoms with van der Waals surface area (Å²) in [6.07, 6.45) is 5.20. The number of hydrogen-bond donors (Lipinski definition) is 1. The van der Waals surface area contributed by atoms with Crippen LogP contribution in [0.3, 0.4) is 0 Å². The average Bonchev–Trinajstić information content (AvgIpc) is 3.24. The molecule has 3 rings (SSSR count). The second-order valence-corrected chi connectivity index (χ2v) is 6.94. The molecule has 2 atom stereocenters. The number of hydrogen-bond acceptors (Lipinski definition) is 2. The molecule has 0 spiro atoms. The molecule has 1 aliphatic carbocycles. The molecule has 2 nitrogen and oxygen atoms in total. The Morgan fingerprint density at radius 2 is 2.05 bits per heavy atom. The van der Waals surface area contributed by atoms with Crippen molar-refractivity contribution in [1.29, 1.82) is 0 Å². The molecule has 1 heterocycles. The third-order valence-electron chi connectivity index (χ3n) is 4.55. The number of likely N-dealkylation sites (tertiary alicyclic amines) is 1. The van der Waals surface area contributed by atoms with Crippen molar-refractivity contribution in [3.05, 3.63) is 33.8 Å². The van der Waals surface area contributed by atoms with Crippen molar-refractivity contribution < 1.29 is 0 Å². The van der Waals surface area contributed by atoms with Crippen LogP contribution in [0.5, 0.6) is 0 Å². The molecular formula is C16H22Cl2N2. The Morgan fingerprint density at radius 1 is 1.25 bits per heavy atom. The standard InChI is InChI=1S/C16H22Cl2N2/c1-20-9-3-4-11(10-19-12-7-8-12)16(20)13-5-2-6-14(17)15(13)18/h2,5-6,11-12,16,19H,3-4,7-10H2,1H3. The van der Waals surface area contributed by atoms with Gasteiger partial charge < -0.3 is 5.32 Å². The van der Waals surface area contributed by atoms with E-state index in [1.165, 1.54) is 31.2 Å². The second kappa shape index (κ2) is 6.23. The van der Waals surface area contributed by atoms with Crippen LogP contribution >= 0.6 is 23.2 Å². The molecule has 1 aliphatic heterocycles. The van der Waals surface area contributed by atoms with E-state index in [9.17, 15) is 0 Å². The molecule has 2 aliphatic rings. The van der Waals surface area contributed by atoms with Crippen LogP contribution in [0.4, 0.5) is 0 Å². The van der Waals surface area contributed by atoms with E-state index in [-0.39, 0.29) is 0 Å². The fourth-order valence-corrected chi connectivity index (χ4v) is 3.74. The molecule has 2 unspecified atom stereocenters. The molecule has 2 fully saturated rings. The summed E-state index contributed by atoms with van der Waals surface area (Å²) in [5.74, 6) is 0.616. The van der Waals surface area contributed by atoms with Gasteiger partial charge in [0.25, 0.3) is 0 Å². The van der Waals surface area contributed by atoms with Crippen LogP contribution in [0.15, 0.2) is 18.2 Å². The molecule has 1 N–H and O–H groups in total. The summed E-state index contributed by atoms with van der Waals surface area (Å²) in [5, 5.41) is 5.07. The Bertz CT molecular complexity index is 474. The molecular weight excluding hydrogens is 291 g/mol. The molecule has 1 aromatic carbocycles. The summed E-state index contributed by atoms with van der Waals surface area (Å²) in [5.41, 5.74) is 1.18. The van der Waals surface area contributed by atoms with Gasteiger partial charge in [-0.05, 0) is 56.8 Å². The second-order valence-electron chi connectivity index (χ2n) is 6.15. The van der Waals surface area contributed by atoms with Crippen molar-refractivity contribution in [3.8, 4) is 0 Å². The van der Waals surface area contributed by atoms with Crippen molar-refractivity contribution in [2.75, 3.05) is 20.1 Å². The highest BCUT2D eigenvalue weighted by molar-refractivity contribution is 6.42. The van der Waals surface area contributed by atoms with Crippen LogP contribution in [0, 0.1) is 5.92 Å². The highest BCUT2D eigenvalue weighted by Crippen LogP contribution is 2.40. The Hall–Kier alpha value is -0.280. The average molecular weight is 313 g/mol. The fourth-order valence-electron chi connectivity index (χ4n) is 3.32. The highest BCUT2D eigenvalue weighted by Gasteiger charge is 2.33. The first-order chi connectivity index (χ1) is 9.66. The minimum absolute atomic E-state index is 0.376. The van der Waals surface area contributed by atoms with Gasteiger partial charge in [-0.1, -0.05) is 35.3 Å². The monoisotopic (exact) mass is 312 g/mol. The quantitative estimate of drug-likeness (QED) is 0.899. The SMILES string of the molecule is CN1CCCC(CNC2CC2)C1c1cccc(Cl)c1Cl. The third-order valence-corrected chi connectivity index (χ3v) is 5.39. The van der Waals surface area contributed by atoms with Gasteiger partial charge in [-0.15, -0.1) is 0 Å². The lowest BCUT2D eigenvalue weighted by Gasteiger charge is -2.40. The van der Waals surface area contributed by atoms with E-state index in [4.69, 9.17) is 23.2 Å². The van der Waals surface area contributed by atoms with E-state index in [0.29, 0.717) is 17.0 Å². The van der Waals surface area contributed by atoms with Crippen LogP contribution in [0.25, 0.3) is 0 Å². The Morgan fingerprint density at radius 3 is 2.80 bits per heavy atom. The summed E-state index contributed by atoms with van der Waals surface area (Å²) in [4.78, 5) is 2.43. The Kier molecular flexibility index (Phi) is 4.56. The normalized spacial score (nSPS) is 27.8. The fraction of sp³-hybridized carbons (Fsp3) is 0.625. The van der Waals surface area contributed by atoms with Crippen LogP contribution in [0.1, 0.15) is 37.3 Å². The maximum atomic E-state index is 6.45. The number of piperidine rings is 1. The number of benzene rings is 1. The summed E-state index contributed by atoms with van der Waals surface area (Å²) >= 11 is 12.7. The van der Waals surface area contributed by atoms with Crippen molar-refractivity contribution in [1.82, 2.24) is 10.2 Å². The van der Waals surface area contributed by atoms with Gasteiger partial charge in [0.15, 0.2) is 0 Å². The maximum Gasteiger partial charge on any atom is 0.0640 e. The van der Waals surface area contributed by atoms with E-state index >= 15 is 0 Å². The first-order valence-electron chi connectivity index (χ1n) is 7.54. The summed E-state index contributed by atoms with van der Waals surface area (Å²) in [7, 11) is 2.20. The Labute approximate surface area is 131 Å². The smallest absolute Gasteiger partial charge is 0.0640 e. The largest absolute Gasteiger partial charge is 0.314 e. The predicted octanol–water partition coefficient (Wildman–Crippen LogP) is 4.13. The summed E-state index contributed by atoms with van der Waals surface area (Å²) in [6, 6.07) is 7.15. The van der Waals surface area contributed by atoms with Gasteiger partial charge in [-0.3, -0.25) is 4.90 Å². The lowest BCUT2D eigenvalue weighted by molar-refractivity contribution is 0.119. The minimum Gasteiger partial charge on any atom is -0.314 e. The maximum absolute atomic E-state index is 6.45. The Balaban J connectivity index is 1.82. The van der Waals surface area contributed by atoms with Gasteiger partial charge in [0, 0.05) is 18.6 Å². The number of nitrogens with one attached hydrogen (secondary N) is 1. The van der Waals surface area contributed by atoms with Crippen molar-refractivity contribution in [2.24, 2.45) is 5.92 Å². The van der Waals surface area contributed by atoms with Gasteiger partial charge in [0.05, 0.1) is 10.0 Å². The molecule has 0 amide bonds. The van der Waals surface area contributed by atoms with Gasteiger partial charge in [0.1, 0.15) is 0 Å². The highest BCUT2D eigenvalue weighted by atomic mass is 35.5. The zero-order valence-corrected chi connectivity index (χ0v) is 13.4. The molecule has 110 valence electrons. The number of rotatable bonds is 4. The topological polar surface area (TPSA) is 15.3 Å². The molecule has 0 radical (unpaired) electrons. The van der Waals surface area contributed by atoms with Crippen LogP contribution in [-0.2, 0) is 0 Å². The summed E-state index contributed by atoms with van der Waals surface area (Å²) < 4.78 is 0. The number of nitrogens with zero attached hydrogens (tertiary/aromatic N) is 1. The van der Waals surface area contributed by atoms with Crippen LogP contribution in [0.2, 0.25) is 10.0 Å². The van der Waals surface area contributed by atoms with E-state index < -0.39 is 0 Å². The molecule has 1 saturated heterocycles. The molecule has 1 saturated carbocycles. The predicted molar refractivity (Wildman–Crippen MR) is 85.6 cm³/mol. The lowest BCUT2D eigenvalue weighted by Crippen LogP contribution is -2.41.